The monoisotopic (exact) mass is 398 g/mol. The molecule has 0 unspecified atom stereocenters. The van der Waals surface area contributed by atoms with Crippen molar-refractivity contribution in [1.82, 2.24) is 0 Å². The lowest BCUT2D eigenvalue weighted by molar-refractivity contribution is -0.365. The first-order chi connectivity index (χ1) is 14.3. The number of aliphatic hydroxyl groups is 1. The first-order valence-electron chi connectivity index (χ1n) is 9.80. The Morgan fingerprint density at radius 1 is 1.00 bits per heavy atom. The highest BCUT2D eigenvalue weighted by Gasteiger charge is 2.50. The normalized spacial score (nSPS) is 31.8. The molecule has 0 amide bonds. The largest absolute Gasteiger partial charge is 0.385 e. The van der Waals surface area contributed by atoms with Crippen LogP contribution in [0.25, 0.3) is 0 Å². The molecule has 154 valence electrons. The maximum Gasteiger partial charge on any atom is 0.187 e. The van der Waals surface area contributed by atoms with Crippen LogP contribution in [0.5, 0.6) is 0 Å². The minimum absolute atomic E-state index is 0.263. The zero-order chi connectivity index (χ0) is 20.1. The lowest BCUT2D eigenvalue weighted by atomic mass is 9.97. The van der Waals surface area contributed by atoms with Crippen molar-refractivity contribution in [3.63, 3.8) is 0 Å². The third-order valence-electron chi connectivity index (χ3n) is 5.04. The topological polar surface area (TPSA) is 66.4 Å². The van der Waals surface area contributed by atoms with Crippen LogP contribution in [0.15, 0.2) is 73.3 Å². The van der Waals surface area contributed by atoms with Crippen LogP contribution in [0, 0.1) is 0 Å². The van der Waals surface area contributed by atoms with E-state index in [1.165, 1.54) is 0 Å². The molecule has 4 rings (SSSR count). The minimum Gasteiger partial charge on any atom is -0.385 e. The Morgan fingerprint density at radius 3 is 2.45 bits per heavy atom. The molecule has 29 heavy (non-hydrogen) atoms. The number of ether oxygens (including phenoxy) is 5. The van der Waals surface area contributed by atoms with Crippen LogP contribution >= 0.6 is 0 Å². The Hall–Kier alpha value is -2.06. The summed E-state index contributed by atoms with van der Waals surface area (Å²) < 4.78 is 29.7. The van der Waals surface area contributed by atoms with Crippen molar-refractivity contribution >= 4 is 0 Å². The highest BCUT2D eigenvalue weighted by molar-refractivity contribution is 5.17. The van der Waals surface area contributed by atoms with Gasteiger partial charge in [0.1, 0.15) is 24.4 Å². The van der Waals surface area contributed by atoms with Crippen molar-refractivity contribution in [3.05, 3.63) is 84.4 Å². The van der Waals surface area contributed by atoms with Crippen LogP contribution in [-0.2, 0) is 30.3 Å². The summed E-state index contributed by atoms with van der Waals surface area (Å²) in [5, 5.41) is 10.9. The molecule has 0 bridgehead atoms. The van der Waals surface area contributed by atoms with Gasteiger partial charge in [-0.2, -0.15) is 0 Å². The van der Waals surface area contributed by atoms with Crippen LogP contribution in [0.2, 0.25) is 0 Å². The van der Waals surface area contributed by atoms with E-state index in [-0.39, 0.29) is 6.61 Å². The molecule has 0 aromatic heterocycles. The number of fused-ring (bicyclic) bond motifs is 1. The first kappa shape index (κ1) is 20.2. The van der Waals surface area contributed by atoms with Crippen molar-refractivity contribution in [2.75, 3.05) is 13.2 Å². The molecule has 1 N–H and O–H groups in total. The first-order valence-corrected chi connectivity index (χ1v) is 9.80. The smallest absolute Gasteiger partial charge is 0.187 e. The lowest BCUT2D eigenvalue weighted by Gasteiger charge is -2.47. The third-order valence-corrected chi connectivity index (χ3v) is 5.04. The summed E-state index contributed by atoms with van der Waals surface area (Å²) in [5.41, 5.74) is 1.92. The maximum absolute atomic E-state index is 10.9. The van der Waals surface area contributed by atoms with Crippen molar-refractivity contribution in [2.24, 2.45) is 0 Å². The van der Waals surface area contributed by atoms with Gasteiger partial charge in [-0.25, -0.2) is 0 Å². The maximum atomic E-state index is 10.9. The van der Waals surface area contributed by atoms with Crippen LogP contribution in [-0.4, -0.2) is 49.0 Å². The number of hydrogen-bond donors (Lipinski definition) is 1. The SMILES string of the molecule is C=CCO[C@H]1O[C@@H]2CO[C@@H](c3ccccc3)O[C@H]2[C@H](OCc2ccccc2)[C@H]1O. The van der Waals surface area contributed by atoms with E-state index < -0.39 is 37.0 Å². The van der Waals surface area contributed by atoms with Gasteiger partial charge in [0.15, 0.2) is 12.6 Å². The van der Waals surface area contributed by atoms with Gasteiger partial charge >= 0.3 is 0 Å². The summed E-state index contributed by atoms with van der Waals surface area (Å²) in [7, 11) is 0. The second-order valence-corrected chi connectivity index (χ2v) is 7.09. The Bertz CT molecular complexity index is 767. The van der Waals surface area contributed by atoms with Gasteiger partial charge in [0.05, 0.1) is 19.8 Å². The molecule has 2 aromatic rings. The summed E-state index contributed by atoms with van der Waals surface area (Å²) in [6.07, 6.45) is -2.29. The fourth-order valence-electron chi connectivity index (χ4n) is 3.60. The number of hydrogen-bond acceptors (Lipinski definition) is 6. The van der Waals surface area contributed by atoms with Gasteiger partial charge in [0.25, 0.3) is 0 Å². The average Bonchev–Trinajstić information content (AvgIpc) is 2.78. The summed E-state index contributed by atoms with van der Waals surface area (Å²) in [4.78, 5) is 0. The molecular weight excluding hydrogens is 372 g/mol. The Kier molecular flexibility index (Phi) is 6.71. The summed E-state index contributed by atoms with van der Waals surface area (Å²) >= 11 is 0. The fourth-order valence-corrected chi connectivity index (χ4v) is 3.60. The molecule has 2 fully saturated rings. The van der Waals surface area contributed by atoms with Crippen LogP contribution in [0.3, 0.4) is 0 Å². The van der Waals surface area contributed by atoms with E-state index >= 15 is 0 Å². The molecule has 0 spiro atoms. The summed E-state index contributed by atoms with van der Waals surface area (Å²) in [6, 6.07) is 19.5. The number of benzene rings is 2. The van der Waals surface area contributed by atoms with Gasteiger partial charge in [-0.3, -0.25) is 0 Å². The Morgan fingerprint density at radius 2 is 1.72 bits per heavy atom. The fraction of sp³-hybridized carbons (Fsp3) is 0.391. The summed E-state index contributed by atoms with van der Waals surface area (Å²) in [5.74, 6) is 0. The van der Waals surface area contributed by atoms with E-state index in [1.807, 2.05) is 60.7 Å². The van der Waals surface area contributed by atoms with Crippen molar-refractivity contribution in [2.45, 2.75) is 43.6 Å². The zero-order valence-corrected chi connectivity index (χ0v) is 16.1. The van der Waals surface area contributed by atoms with Gasteiger partial charge in [0, 0.05) is 5.56 Å². The molecule has 2 aliphatic heterocycles. The highest BCUT2D eigenvalue weighted by atomic mass is 16.8. The van der Waals surface area contributed by atoms with Gasteiger partial charge in [0.2, 0.25) is 0 Å². The summed E-state index contributed by atoms with van der Waals surface area (Å²) in [6.45, 7) is 4.57. The standard InChI is InChI=1S/C23H26O6/c1-2-13-25-23-19(24)21(26-14-16-9-5-3-6-10-16)20-18(28-23)15-27-22(29-20)17-11-7-4-8-12-17/h2-12,18-24H,1,13-15H2/t18-,19-,20-,21-,22-,23+/m1/s1. The molecule has 0 radical (unpaired) electrons. The molecule has 2 aliphatic rings. The van der Waals surface area contributed by atoms with E-state index in [1.54, 1.807) is 6.08 Å². The molecule has 2 heterocycles. The van der Waals surface area contributed by atoms with Gasteiger partial charge < -0.3 is 28.8 Å². The number of rotatable bonds is 7. The van der Waals surface area contributed by atoms with E-state index in [2.05, 4.69) is 6.58 Å². The molecule has 6 atom stereocenters. The Labute approximate surface area is 170 Å². The molecule has 0 saturated carbocycles. The van der Waals surface area contributed by atoms with Gasteiger partial charge in [-0.05, 0) is 5.56 Å². The third kappa shape index (κ3) is 4.75. The molecule has 0 aliphatic carbocycles. The predicted octanol–water partition coefficient (Wildman–Crippen LogP) is 2.97. The second-order valence-electron chi connectivity index (χ2n) is 7.09. The Balaban J connectivity index is 1.51. The lowest BCUT2D eigenvalue weighted by Crippen LogP contribution is -2.63. The second kappa shape index (κ2) is 9.63. The molecule has 6 nitrogen and oxygen atoms in total. The van der Waals surface area contributed by atoms with Crippen LogP contribution in [0.1, 0.15) is 17.4 Å². The van der Waals surface area contributed by atoms with Crippen LogP contribution < -0.4 is 0 Å². The predicted molar refractivity (Wildman–Crippen MR) is 106 cm³/mol. The van der Waals surface area contributed by atoms with E-state index in [9.17, 15) is 5.11 Å². The van der Waals surface area contributed by atoms with E-state index in [0.717, 1.165) is 11.1 Å². The highest BCUT2D eigenvalue weighted by Crippen LogP contribution is 2.35. The van der Waals surface area contributed by atoms with Gasteiger partial charge in [-0.15, -0.1) is 6.58 Å². The molecular formula is C23H26O6. The van der Waals surface area contributed by atoms with Crippen molar-refractivity contribution < 1.29 is 28.8 Å². The average molecular weight is 398 g/mol. The van der Waals surface area contributed by atoms with Gasteiger partial charge in [-0.1, -0.05) is 66.7 Å². The van der Waals surface area contributed by atoms with Crippen molar-refractivity contribution in [1.29, 1.82) is 0 Å². The van der Waals surface area contributed by atoms with Crippen molar-refractivity contribution in [3.8, 4) is 0 Å². The van der Waals surface area contributed by atoms with Crippen LogP contribution in [0.4, 0.5) is 0 Å². The minimum atomic E-state index is -1.01. The van der Waals surface area contributed by atoms with E-state index in [0.29, 0.717) is 13.2 Å². The molecule has 6 heteroatoms. The van der Waals surface area contributed by atoms with E-state index in [4.69, 9.17) is 23.7 Å². The quantitative estimate of drug-likeness (QED) is 0.724. The number of aliphatic hydroxyl groups excluding tert-OH is 1. The molecule has 2 aromatic carbocycles. The molecule has 2 saturated heterocycles. The zero-order valence-electron chi connectivity index (χ0n) is 16.1.